The Balaban J connectivity index is 1.83. The highest BCUT2D eigenvalue weighted by Crippen LogP contribution is 2.30. The number of nitrogens with one attached hydrogen (secondary N) is 1. The lowest BCUT2D eigenvalue weighted by Crippen LogP contribution is -2.15. The third-order valence-corrected chi connectivity index (χ3v) is 4.91. The van der Waals surface area contributed by atoms with Crippen LogP contribution in [0.1, 0.15) is 35.3 Å². The van der Waals surface area contributed by atoms with Gasteiger partial charge in [0.2, 0.25) is 0 Å². The van der Waals surface area contributed by atoms with E-state index in [9.17, 15) is 9.50 Å². The van der Waals surface area contributed by atoms with Crippen LogP contribution in [0.25, 0.3) is 0 Å². The second-order valence-electron chi connectivity index (χ2n) is 6.42. The largest absolute Gasteiger partial charge is 0.388 e. The Morgan fingerprint density at radius 3 is 2.08 bits per heavy atom. The average Bonchev–Trinajstić information content (AvgIpc) is 2.64. The standard InChI is InChI=1S/C22H21BrFNO/c1-15-2-4-17(5-3-15)22(26)14-21(16-6-8-18(23)9-7-16)25-20-12-10-19(24)11-13-20/h2-13,21-22,25-26H,14H2,1H3. The summed E-state index contributed by atoms with van der Waals surface area (Å²) in [5, 5.41) is 14.1. The van der Waals surface area contributed by atoms with Crippen molar-refractivity contribution in [3.63, 3.8) is 0 Å². The Morgan fingerprint density at radius 1 is 0.885 bits per heavy atom. The van der Waals surface area contributed by atoms with E-state index in [1.54, 1.807) is 12.1 Å². The summed E-state index contributed by atoms with van der Waals surface area (Å²) in [6, 6.07) is 22.1. The molecule has 0 spiro atoms. The van der Waals surface area contributed by atoms with Crippen LogP contribution in [0, 0.1) is 12.7 Å². The fourth-order valence-corrected chi connectivity index (χ4v) is 3.13. The maximum Gasteiger partial charge on any atom is 0.123 e. The molecule has 4 heteroatoms. The summed E-state index contributed by atoms with van der Waals surface area (Å²) in [6.45, 7) is 2.02. The molecule has 2 atom stereocenters. The van der Waals surface area contributed by atoms with Gasteiger partial charge in [-0.1, -0.05) is 57.9 Å². The lowest BCUT2D eigenvalue weighted by atomic mass is 9.96. The van der Waals surface area contributed by atoms with Crippen molar-refractivity contribution in [2.45, 2.75) is 25.5 Å². The van der Waals surface area contributed by atoms with Crippen LogP contribution in [0.4, 0.5) is 10.1 Å². The molecule has 0 bridgehead atoms. The summed E-state index contributed by atoms with van der Waals surface area (Å²) >= 11 is 3.45. The van der Waals surface area contributed by atoms with E-state index in [4.69, 9.17) is 0 Å². The minimum Gasteiger partial charge on any atom is -0.388 e. The zero-order valence-electron chi connectivity index (χ0n) is 14.5. The van der Waals surface area contributed by atoms with Crippen LogP contribution in [0.5, 0.6) is 0 Å². The van der Waals surface area contributed by atoms with E-state index in [2.05, 4.69) is 21.2 Å². The van der Waals surface area contributed by atoms with Gasteiger partial charge in [0.05, 0.1) is 12.1 Å². The maximum atomic E-state index is 13.2. The van der Waals surface area contributed by atoms with Crippen LogP contribution in [0.2, 0.25) is 0 Å². The summed E-state index contributed by atoms with van der Waals surface area (Å²) in [5.74, 6) is -0.268. The fourth-order valence-electron chi connectivity index (χ4n) is 2.87. The quantitative estimate of drug-likeness (QED) is 0.505. The van der Waals surface area contributed by atoms with Gasteiger partial charge in [0.15, 0.2) is 0 Å². The first-order chi connectivity index (χ1) is 12.5. The first-order valence-corrected chi connectivity index (χ1v) is 9.33. The Morgan fingerprint density at radius 2 is 1.46 bits per heavy atom. The minimum absolute atomic E-state index is 0.107. The molecule has 0 aliphatic rings. The first-order valence-electron chi connectivity index (χ1n) is 8.53. The normalized spacial score (nSPS) is 13.2. The SMILES string of the molecule is Cc1ccc(C(O)CC(Nc2ccc(F)cc2)c2ccc(Br)cc2)cc1. The summed E-state index contributed by atoms with van der Waals surface area (Å²) in [5.41, 5.74) is 3.92. The van der Waals surface area contributed by atoms with E-state index in [1.807, 2.05) is 55.5 Å². The van der Waals surface area contributed by atoms with E-state index in [-0.39, 0.29) is 11.9 Å². The summed E-state index contributed by atoms with van der Waals surface area (Å²) in [7, 11) is 0. The number of aliphatic hydroxyl groups excluding tert-OH is 1. The smallest absolute Gasteiger partial charge is 0.123 e. The number of aliphatic hydroxyl groups is 1. The van der Waals surface area contributed by atoms with Crippen molar-refractivity contribution in [3.8, 4) is 0 Å². The van der Waals surface area contributed by atoms with Crippen LogP contribution < -0.4 is 5.32 Å². The number of halogens is 2. The van der Waals surface area contributed by atoms with Gasteiger partial charge in [-0.05, 0) is 54.4 Å². The molecule has 134 valence electrons. The molecule has 3 aromatic carbocycles. The molecule has 0 saturated heterocycles. The Labute approximate surface area is 161 Å². The van der Waals surface area contributed by atoms with Gasteiger partial charge < -0.3 is 10.4 Å². The van der Waals surface area contributed by atoms with Gasteiger partial charge in [-0.15, -0.1) is 0 Å². The van der Waals surface area contributed by atoms with E-state index in [1.165, 1.54) is 12.1 Å². The molecule has 0 saturated carbocycles. The molecule has 0 radical (unpaired) electrons. The van der Waals surface area contributed by atoms with Crippen molar-refractivity contribution in [1.29, 1.82) is 0 Å². The third-order valence-electron chi connectivity index (χ3n) is 4.38. The predicted molar refractivity (Wildman–Crippen MR) is 108 cm³/mol. The molecule has 2 N–H and O–H groups in total. The van der Waals surface area contributed by atoms with Gasteiger partial charge in [0, 0.05) is 16.6 Å². The van der Waals surface area contributed by atoms with Gasteiger partial charge in [0.1, 0.15) is 5.82 Å². The Kier molecular flexibility index (Phi) is 6.07. The number of hydrogen-bond donors (Lipinski definition) is 2. The number of hydrogen-bond acceptors (Lipinski definition) is 2. The highest BCUT2D eigenvalue weighted by Gasteiger charge is 2.18. The molecule has 0 aromatic heterocycles. The van der Waals surface area contributed by atoms with Gasteiger partial charge in [-0.25, -0.2) is 4.39 Å². The molecule has 3 aromatic rings. The molecule has 0 amide bonds. The van der Waals surface area contributed by atoms with Crippen molar-refractivity contribution in [3.05, 3.63) is 99.8 Å². The average molecular weight is 414 g/mol. The fraction of sp³-hybridized carbons (Fsp3) is 0.182. The van der Waals surface area contributed by atoms with Gasteiger partial charge in [0.25, 0.3) is 0 Å². The monoisotopic (exact) mass is 413 g/mol. The van der Waals surface area contributed by atoms with Crippen molar-refractivity contribution in [2.24, 2.45) is 0 Å². The summed E-state index contributed by atoms with van der Waals surface area (Å²) in [6.07, 6.45) is -0.0978. The van der Waals surface area contributed by atoms with Gasteiger partial charge in [-0.2, -0.15) is 0 Å². The first kappa shape index (κ1) is 18.6. The van der Waals surface area contributed by atoms with Crippen LogP contribution in [-0.2, 0) is 0 Å². The third kappa shape index (κ3) is 4.93. The van der Waals surface area contributed by atoms with Crippen molar-refractivity contribution < 1.29 is 9.50 Å². The molecule has 0 fully saturated rings. The topological polar surface area (TPSA) is 32.3 Å². The second kappa shape index (κ2) is 8.47. The number of rotatable bonds is 6. The molecule has 2 unspecified atom stereocenters. The molecular formula is C22H21BrFNO. The van der Waals surface area contributed by atoms with E-state index < -0.39 is 6.10 Å². The molecule has 3 rings (SSSR count). The van der Waals surface area contributed by atoms with Crippen molar-refractivity contribution >= 4 is 21.6 Å². The second-order valence-corrected chi connectivity index (χ2v) is 7.33. The molecule has 0 aliphatic heterocycles. The highest BCUT2D eigenvalue weighted by molar-refractivity contribution is 9.10. The van der Waals surface area contributed by atoms with Gasteiger partial charge in [-0.3, -0.25) is 0 Å². The summed E-state index contributed by atoms with van der Waals surface area (Å²) < 4.78 is 14.2. The van der Waals surface area contributed by atoms with Crippen LogP contribution in [-0.4, -0.2) is 5.11 Å². The van der Waals surface area contributed by atoms with Crippen molar-refractivity contribution in [1.82, 2.24) is 0 Å². The van der Waals surface area contributed by atoms with Crippen molar-refractivity contribution in [2.75, 3.05) is 5.32 Å². The molecule has 0 heterocycles. The van der Waals surface area contributed by atoms with E-state index in [0.29, 0.717) is 6.42 Å². The lowest BCUT2D eigenvalue weighted by Gasteiger charge is -2.24. The van der Waals surface area contributed by atoms with E-state index >= 15 is 0 Å². The van der Waals surface area contributed by atoms with Crippen LogP contribution in [0.15, 0.2) is 77.3 Å². The Hall–Kier alpha value is -2.17. The minimum atomic E-state index is -0.600. The number of anilines is 1. The van der Waals surface area contributed by atoms with Crippen LogP contribution in [0.3, 0.4) is 0 Å². The number of benzene rings is 3. The zero-order valence-corrected chi connectivity index (χ0v) is 16.1. The Bertz CT molecular complexity index is 832. The molecular weight excluding hydrogens is 393 g/mol. The zero-order chi connectivity index (χ0) is 18.5. The van der Waals surface area contributed by atoms with Crippen LogP contribution >= 0.6 is 15.9 Å². The molecule has 2 nitrogen and oxygen atoms in total. The molecule has 0 aliphatic carbocycles. The maximum absolute atomic E-state index is 13.2. The molecule has 26 heavy (non-hydrogen) atoms. The van der Waals surface area contributed by atoms with Gasteiger partial charge >= 0.3 is 0 Å². The predicted octanol–water partition coefficient (Wildman–Crippen LogP) is 6.17. The highest BCUT2D eigenvalue weighted by atomic mass is 79.9. The van der Waals surface area contributed by atoms with E-state index in [0.717, 1.165) is 26.9 Å². The number of aryl methyl sites for hydroxylation is 1. The lowest BCUT2D eigenvalue weighted by molar-refractivity contribution is 0.160. The summed E-state index contributed by atoms with van der Waals surface area (Å²) in [4.78, 5) is 0.